The maximum atomic E-state index is 11.4. The minimum absolute atomic E-state index is 0.0533. The number of rotatable bonds is 6. The van der Waals surface area contributed by atoms with Crippen LogP contribution < -0.4 is 0 Å². The zero-order valence-electron chi connectivity index (χ0n) is 9.83. The number of aliphatic hydroxyl groups is 2. The van der Waals surface area contributed by atoms with Crippen LogP contribution in [0.25, 0.3) is 0 Å². The molecule has 0 atom stereocenters. The molecule has 1 rings (SSSR count). The van der Waals surface area contributed by atoms with Crippen LogP contribution >= 0.6 is 0 Å². The van der Waals surface area contributed by atoms with Crippen molar-refractivity contribution in [2.75, 3.05) is 19.5 Å². The highest BCUT2D eigenvalue weighted by molar-refractivity contribution is 7.90. The highest BCUT2D eigenvalue weighted by Gasteiger charge is 2.09. The van der Waals surface area contributed by atoms with E-state index in [2.05, 4.69) is 0 Å². The Kier molecular flexibility index (Phi) is 5.11. The molecule has 4 nitrogen and oxygen atoms in total. The van der Waals surface area contributed by atoms with Gasteiger partial charge in [-0.1, -0.05) is 12.1 Å². The van der Waals surface area contributed by atoms with Gasteiger partial charge in [0.15, 0.2) is 9.84 Å². The lowest BCUT2D eigenvalue weighted by Gasteiger charge is -2.10. The van der Waals surface area contributed by atoms with Crippen molar-refractivity contribution in [1.82, 2.24) is 0 Å². The van der Waals surface area contributed by atoms with Gasteiger partial charge in [-0.2, -0.15) is 0 Å². The third-order valence-corrected chi connectivity index (χ3v) is 3.79. The zero-order valence-corrected chi connectivity index (χ0v) is 10.7. The second-order valence-electron chi connectivity index (χ2n) is 4.19. The van der Waals surface area contributed by atoms with Crippen LogP contribution in [-0.4, -0.2) is 38.1 Å². The third-order valence-electron chi connectivity index (χ3n) is 2.68. The van der Waals surface area contributed by atoms with Crippen LogP contribution in [0.4, 0.5) is 0 Å². The van der Waals surface area contributed by atoms with Crippen LogP contribution in [0.5, 0.6) is 0 Å². The number of hydrogen-bond donors (Lipinski definition) is 2. The first-order valence-corrected chi connectivity index (χ1v) is 7.37. The van der Waals surface area contributed by atoms with Crippen LogP contribution in [-0.2, 0) is 16.3 Å². The number of benzene rings is 1. The number of aliphatic hydroxyl groups excluding tert-OH is 2. The van der Waals surface area contributed by atoms with Gasteiger partial charge in [-0.25, -0.2) is 8.42 Å². The Morgan fingerprint density at radius 3 is 2.41 bits per heavy atom. The fourth-order valence-corrected chi connectivity index (χ4v) is 2.23. The summed E-state index contributed by atoms with van der Waals surface area (Å²) in [5, 5.41) is 17.9. The molecule has 0 radical (unpaired) electrons. The van der Waals surface area contributed by atoms with Crippen molar-refractivity contribution >= 4 is 9.84 Å². The molecule has 17 heavy (non-hydrogen) atoms. The standard InChI is InChI=1S/C12H18O4S/c1-17(15,16)12-4-2-3-10(7-12)5-6-11(8-13)9-14/h2-4,7,11,13-14H,5-6,8-9H2,1H3. The molecule has 1 aromatic carbocycles. The molecular formula is C12H18O4S. The van der Waals surface area contributed by atoms with Crippen molar-refractivity contribution in [3.05, 3.63) is 29.8 Å². The summed E-state index contributed by atoms with van der Waals surface area (Å²) in [6.07, 6.45) is 2.46. The van der Waals surface area contributed by atoms with Crippen molar-refractivity contribution < 1.29 is 18.6 Å². The summed E-state index contributed by atoms with van der Waals surface area (Å²) in [5.74, 6) is -0.142. The highest BCUT2D eigenvalue weighted by atomic mass is 32.2. The Hall–Kier alpha value is -0.910. The lowest BCUT2D eigenvalue weighted by atomic mass is 10.0. The van der Waals surface area contributed by atoms with E-state index in [-0.39, 0.29) is 19.1 Å². The Labute approximate surface area is 102 Å². The molecule has 0 heterocycles. The van der Waals surface area contributed by atoms with Crippen molar-refractivity contribution in [3.8, 4) is 0 Å². The Morgan fingerprint density at radius 1 is 1.24 bits per heavy atom. The van der Waals surface area contributed by atoms with Gasteiger partial charge in [-0.05, 0) is 30.5 Å². The summed E-state index contributed by atoms with van der Waals surface area (Å²) < 4.78 is 22.7. The lowest BCUT2D eigenvalue weighted by molar-refractivity contribution is 0.144. The van der Waals surface area contributed by atoms with E-state index < -0.39 is 9.84 Å². The molecule has 0 unspecified atom stereocenters. The van der Waals surface area contributed by atoms with Crippen LogP contribution in [0.2, 0.25) is 0 Å². The predicted octanol–water partition coefficient (Wildman–Crippen LogP) is 0.624. The van der Waals surface area contributed by atoms with Gasteiger partial charge in [0.1, 0.15) is 0 Å². The van der Waals surface area contributed by atoms with E-state index in [1.165, 1.54) is 6.26 Å². The first-order chi connectivity index (χ1) is 7.97. The largest absolute Gasteiger partial charge is 0.396 e. The fourth-order valence-electron chi connectivity index (χ4n) is 1.54. The van der Waals surface area contributed by atoms with Gasteiger partial charge in [-0.3, -0.25) is 0 Å². The van der Waals surface area contributed by atoms with E-state index in [1.807, 2.05) is 6.07 Å². The molecule has 0 aliphatic heterocycles. The van der Waals surface area contributed by atoms with Crippen molar-refractivity contribution in [2.24, 2.45) is 5.92 Å². The summed E-state index contributed by atoms with van der Waals surface area (Å²) in [5.41, 5.74) is 0.903. The molecule has 5 heteroatoms. The second-order valence-corrected chi connectivity index (χ2v) is 6.21. The van der Waals surface area contributed by atoms with E-state index in [9.17, 15) is 8.42 Å². The Balaban J connectivity index is 2.73. The molecule has 0 aliphatic rings. The topological polar surface area (TPSA) is 74.6 Å². The lowest BCUT2D eigenvalue weighted by Crippen LogP contribution is -2.12. The van der Waals surface area contributed by atoms with Gasteiger partial charge in [0, 0.05) is 25.4 Å². The average molecular weight is 258 g/mol. The summed E-state index contributed by atoms with van der Waals surface area (Å²) >= 11 is 0. The summed E-state index contributed by atoms with van der Waals surface area (Å²) in [6, 6.07) is 6.76. The van der Waals surface area contributed by atoms with Crippen LogP contribution in [0, 0.1) is 5.92 Å². The van der Waals surface area contributed by atoms with E-state index in [4.69, 9.17) is 10.2 Å². The maximum Gasteiger partial charge on any atom is 0.175 e. The summed E-state index contributed by atoms with van der Waals surface area (Å²) in [4.78, 5) is 0.305. The van der Waals surface area contributed by atoms with Gasteiger partial charge in [0.05, 0.1) is 4.90 Å². The van der Waals surface area contributed by atoms with E-state index in [1.54, 1.807) is 18.2 Å². The van der Waals surface area contributed by atoms with E-state index >= 15 is 0 Å². The first kappa shape index (κ1) is 14.2. The number of sulfone groups is 1. The van der Waals surface area contributed by atoms with Crippen molar-refractivity contribution in [2.45, 2.75) is 17.7 Å². The van der Waals surface area contributed by atoms with Crippen LogP contribution in [0.3, 0.4) is 0 Å². The van der Waals surface area contributed by atoms with E-state index in [0.29, 0.717) is 17.7 Å². The van der Waals surface area contributed by atoms with E-state index in [0.717, 1.165) is 5.56 Å². The molecule has 0 aliphatic carbocycles. The molecule has 0 amide bonds. The normalized spacial score (nSPS) is 12.0. The van der Waals surface area contributed by atoms with Crippen molar-refractivity contribution in [3.63, 3.8) is 0 Å². The predicted molar refractivity (Wildman–Crippen MR) is 65.5 cm³/mol. The van der Waals surface area contributed by atoms with Gasteiger partial charge in [-0.15, -0.1) is 0 Å². The van der Waals surface area contributed by atoms with Gasteiger partial charge < -0.3 is 10.2 Å². The van der Waals surface area contributed by atoms with Crippen LogP contribution in [0.15, 0.2) is 29.2 Å². The smallest absolute Gasteiger partial charge is 0.175 e. The van der Waals surface area contributed by atoms with Crippen molar-refractivity contribution in [1.29, 1.82) is 0 Å². The third kappa shape index (κ3) is 4.46. The Morgan fingerprint density at radius 2 is 1.88 bits per heavy atom. The SMILES string of the molecule is CS(=O)(=O)c1cccc(CCC(CO)CO)c1. The van der Waals surface area contributed by atoms with Gasteiger partial charge >= 0.3 is 0 Å². The molecule has 96 valence electrons. The molecule has 0 spiro atoms. The molecule has 0 fully saturated rings. The minimum Gasteiger partial charge on any atom is -0.396 e. The molecule has 0 saturated carbocycles. The molecule has 2 N–H and O–H groups in total. The average Bonchev–Trinajstić information content (AvgIpc) is 2.30. The molecule has 1 aromatic rings. The minimum atomic E-state index is -3.17. The first-order valence-electron chi connectivity index (χ1n) is 5.48. The fraction of sp³-hybridized carbons (Fsp3) is 0.500. The summed E-state index contributed by atoms with van der Waals surface area (Å²) in [6.45, 7) is -0.107. The molecular weight excluding hydrogens is 240 g/mol. The Bertz CT molecular complexity index is 449. The summed E-state index contributed by atoms with van der Waals surface area (Å²) in [7, 11) is -3.17. The van der Waals surface area contributed by atoms with Gasteiger partial charge in [0.2, 0.25) is 0 Å². The molecule has 0 saturated heterocycles. The molecule has 0 aromatic heterocycles. The monoisotopic (exact) mass is 258 g/mol. The zero-order chi connectivity index (χ0) is 12.9. The number of aryl methyl sites for hydroxylation is 1. The second kappa shape index (κ2) is 6.14. The number of hydrogen-bond acceptors (Lipinski definition) is 4. The van der Waals surface area contributed by atoms with Crippen LogP contribution in [0.1, 0.15) is 12.0 Å². The maximum absolute atomic E-state index is 11.4. The van der Waals surface area contributed by atoms with Gasteiger partial charge in [0.25, 0.3) is 0 Å². The molecule has 0 bridgehead atoms. The highest BCUT2D eigenvalue weighted by Crippen LogP contribution is 2.14. The quantitative estimate of drug-likeness (QED) is 0.784.